The van der Waals surface area contributed by atoms with Crippen molar-refractivity contribution in [2.75, 3.05) is 26.4 Å². The molecule has 2 aromatic rings. The third-order valence-electron chi connectivity index (χ3n) is 3.54. The smallest absolute Gasteiger partial charge is 0.251 e. The van der Waals surface area contributed by atoms with E-state index in [1.807, 2.05) is 6.07 Å². The fraction of sp³-hybridized carbons (Fsp3) is 0.467. The van der Waals surface area contributed by atoms with Crippen molar-refractivity contribution in [1.29, 1.82) is 0 Å². The molecule has 6 nitrogen and oxygen atoms in total. The lowest BCUT2D eigenvalue weighted by Crippen LogP contribution is -2.28. The van der Waals surface area contributed by atoms with Crippen LogP contribution in [0, 0.1) is 0 Å². The summed E-state index contributed by atoms with van der Waals surface area (Å²) in [5, 5.41) is 2.84. The number of nitrogens with zero attached hydrogens (tertiary/aromatic N) is 1. The van der Waals surface area contributed by atoms with Crippen LogP contribution in [0.15, 0.2) is 24.5 Å². The van der Waals surface area contributed by atoms with E-state index in [-0.39, 0.29) is 12.0 Å². The van der Waals surface area contributed by atoms with Gasteiger partial charge in [-0.3, -0.25) is 4.79 Å². The van der Waals surface area contributed by atoms with Crippen LogP contribution in [0.2, 0.25) is 0 Å². The summed E-state index contributed by atoms with van der Waals surface area (Å²) in [5.74, 6) is -0.104. The SMILES string of the molecule is O=C(NCCOC[C@@H]1CCCO1)c1ccc2nc[nH]c2c1. The second kappa shape index (κ2) is 6.69. The highest BCUT2D eigenvalue weighted by Gasteiger charge is 2.15. The van der Waals surface area contributed by atoms with Crippen LogP contribution in [0.4, 0.5) is 0 Å². The lowest BCUT2D eigenvalue weighted by atomic mass is 10.2. The molecule has 2 heterocycles. The highest BCUT2D eigenvalue weighted by molar-refractivity contribution is 5.97. The van der Waals surface area contributed by atoms with Gasteiger partial charge >= 0.3 is 0 Å². The number of amides is 1. The molecule has 1 aliphatic heterocycles. The highest BCUT2D eigenvalue weighted by Crippen LogP contribution is 2.12. The molecule has 1 aromatic heterocycles. The highest BCUT2D eigenvalue weighted by atomic mass is 16.5. The zero-order valence-corrected chi connectivity index (χ0v) is 11.8. The van der Waals surface area contributed by atoms with Crippen molar-refractivity contribution < 1.29 is 14.3 Å². The average molecular weight is 289 g/mol. The summed E-state index contributed by atoms with van der Waals surface area (Å²) in [6.45, 7) is 2.43. The number of aromatic amines is 1. The summed E-state index contributed by atoms with van der Waals surface area (Å²) in [5.41, 5.74) is 2.33. The van der Waals surface area contributed by atoms with Gasteiger partial charge in [-0.1, -0.05) is 0 Å². The van der Waals surface area contributed by atoms with Gasteiger partial charge in [0, 0.05) is 18.7 Å². The molecule has 0 saturated carbocycles. The first-order chi connectivity index (χ1) is 10.3. The molecule has 1 fully saturated rings. The summed E-state index contributed by atoms with van der Waals surface area (Å²) < 4.78 is 11.0. The van der Waals surface area contributed by atoms with Gasteiger partial charge in [0.2, 0.25) is 0 Å². The number of rotatable bonds is 6. The van der Waals surface area contributed by atoms with E-state index in [1.54, 1.807) is 18.5 Å². The van der Waals surface area contributed by atoms with E-state index in [4.69, 9.17) is 9.47 Å². The number of hydrogen-bond donors (Lipinski definition) is 2. The van der Waals surface area contributed by atoms with Crippen LogP contribution in [0.1, 0.15) is 23.2 Å². The molecule has 0 spiro atoms. The van der Waals surface area contributed by atoms with Crippen LogP contribution in [0.3, 0.4) is 0 Å². The van der Waals surface area contributed by atoms with Crippen LogP contribution >= 0.6 is 0 Å². The van der Waals surface area contributed by atoms with Gasteiger partial charge in [0.1, 0.15) is 0 Å². The molecule has 21 heavy (non-hydrogen) atoms. The summed E-state index contributed by atoms with van der Waals surface area (Å²) >= 11 is 0. The number of imidazole rings is 1. The number of fused-ring (bicyclic) bond motifs is 1. The van der Waals surface area contributed by atoms with Gasteiger partial charge in [-0.2, -0.15) is 0 Å². The van der Waals surface area contributed by atoms with E-state index in [0.717, 1.165) is 30.5 Å². The molecule has 0 radical (unpaired) electrons. The number of H-pyrrole nitrogens is 1. The monoisotopic (exact) mass is 289 g/mol. The fourth-order valence-electron chi connectivity index (χ4n) is 2.41. The van der Waals surface area contributed by atoms with Crippen LogP contribution in [0.25, 0.3) is 11.0 Å². The zero-order chi connectivity index (χ0) is 14.5. The summed E-state index contributed by atoms with van der Waals surface area (Å²) in [7, 11) is 0. The maximum Gasteiger partial charge on any atom is 0.251 e. The number of aromatic nitrogens is 2. The molecule has 2 N–H and O–H groups in total. The van der Waals surface area contributed by atoms with Crippen molar-refractivity contribution in [3.05, 3.63) is 30.1 Å². The first kappa shape index (κ1) is 14.0. The van der Waals surface area contributed by atoms with Crippen molar-refractivity contribution >= 4 is 16.9 Å². The average Bonchev–Trinajstić information content (AvgIpc) is 3.17. The Morgan fingerprint density at radius 3 is 3.33 bits per heavy atom. The molecule has 1 atom stereocenters. The van der Waals surface area contributed by atoms with Gasteiger partial charge in [0.05, 0.1) is 36.7 Å². The van der Waals surface area contributed by atoms with E-state index in [0.29, 0.717) is 25.3 Å². The Morgan fingerprint density at radius 1 is 1.52 bits per heavy atom. The van der Waals surface area contributed by atoms with Crippen LogP contribution in [0.5, 0.6) is 0 Å². The van der Waals surface area contributed by atoms with Gasteiger partial charge in [-0.15, -0.1) is 0 Å². The molecule has 6 heteroatoms. The molecule has 1 aliphatic rings. The van der Waals surface area contributed by atoms with Gasteiger partial charge in [-0.25, -0.2) is 4.98 Å². The Bertz CT molecular complexity index is 605. The van der Waals surface area contributed by atoms with Crippen molar-refractivity contribution in [1.82, 2.24) is 15.3 Å². The van der Waals surface area contributed by atoms with Crippen LogP contribution < -0.4 is 5.32 Å². The maximum absolute atomic E-state index is 12.0. The number of carbonyl (C=O) groups is 1. The number of benzene rings is 1. The van der Waals surface area contributed by atoms with Crippen LogP contribution in [-0.2, 0) is 9.47 Å². The largest absolute Gasteiger partial charge is 0.377 e. The van der Waals surface area contributed by atoms with E-state index >= 15 is 0 Å². The van der Waals surface area contributed by atoms with Gasteiger partial charge in [-0.05, 0) is 31.0 Å². The molecule has 3 rings (SSSR count). The lowest BCUT2D eigenvalue weighted by Gasteiger charge is -2.10. The molecular formula is C15H19N3O3. The normalized spacial score (nSPS) is 18.2. The Kier molecular flexibility index (Phi) is 4.47. The Balaban J connectivity index is 1.41. The number of carbonyl (C=O) groups excluding carboxylic acids is 1. The Labute approximate surface area is 122 Å². The predicted molar refractivity (Wildman–Crippen MR) is 78.2 cm³/mol. The fourth-order valence-corrected chi connectivity index (χ4v) is 2.41. The number of nitrogens with one attached hydrogen (secondary N) is 2. The molecule has 0 bridgehead atoms. The second-order valence-corrected chi connectivity index (χ2v) is 5.10. The first-order valence-electron chi connectivity index (χ1n) is 7.23. The standard InChI is InChI=1S/C15H19N3O3/c19-15(11-3-4-13-14(8-11)18-10-17-13)16-5-7-20-9-12-2-1-6-21-12/h3-4,8,10,12H,1-2,5-7,9H2,(H,16,19)(H,17,18)/t12-/m0/s1. The molecule has 112 valence electrons. The van der Waals surface area contributed by atoms with E-state index in [1.165, 1.54) is 0 Å². The topological polar surface area (TPSA) is 76.2 Å². The minimum atomic E-state index is -0.104. The minimum absolute atomic E-state index is 0.104. The maximum atomic E-state index is 12.0. The summed E-state index contributed by atoms with van der Waals surface area (Å²) in [6.07, 6.45) is 4.02. The van der Waals surface area contributed by atoms with E-state index in [9.17, 15) is 4.79 Å². The summed E-state index contributed by atoms with van der Waals surface area (Å²) in [4.78, 5) is 19.1. The van der Waals surface area contributed by atoms with Crippen molar-refractivity contribution in [3.63, 3.8) is 0 Å². The molecule has 1 aromatic carbocycles. The third-order valence-corrected chi connectivity index (χ3v) is 3.54. The zero-order valence-electron chi connectivity index (χ0n) is 11.8. The Hall–Kier alpha value is -1.92. The molecule has 0 unspecified atom stereocenters. The van der Waals surface area contributed by atoms with Crippen LogP contribution in [-0.4, -0.2) is 48.3 Å². The van der Waals surface area contributed by atoms with Gasteiger partial charge in [0.15, 0.2) is 0 Å². The second-order valence-electron chi connectivity index (χ2n) is 5.10. The van der Waals surface area contributed by atoms with Crippen molar-refractivity contribution in [2.45, 2.75) is 18.9 Å². The molecule has 1 saturated heterocycles. The minimum Gasteiger partial charge on any atom is -0.377 e. The van der Waals surface area contributed by atoms with E-state index in [2.05, 4.69) is 15.3 Å². The van der Waals surface area contributed by atoms with Crippen molar-refractivity contribution in [3.8, 4) is 0 Å². The first-order valence-corrected chi connectivity index (χ1v) is 7.23. The Morgan fingerprint density at radius 2 is 2.48 bits per heavy atom. The summed E-state index contributed by atoms with van der Waals surface area (Å²) in [6, 6.07) is 5.39. The molecular weight excluding hydrogens is 270 g/mol. The lowest BCUT2D eigenvalue weighted by molar-refractivity contribution is 0.0183. The molecule has 0 aliphatic carbocycles. The predicted octanol–water partition coefficient (Wildman–Crippen LogP) is 1.49. The molecule has 1 amide bonds. The van der Waals surface area contributed by atoms with E-state index < -0.39 is 0 Å². The van der Waals surface area contributed by atoms with Gasteiger partial charge < -0.3 is 19.8 Å². The number of hydrogen-bond acceptors (Lipinski definition) is 4. The van der Waals surface area contributed by atoms with Crippen molar-refractivity contribution in [2.24, 2.45) is 0 Å². The van der Waals surface area contributed by atoms with Gasteiger partial charge in [0.25, 0.3) is 5.91 Å². The number of ether oxygens (including phenoxy) is 2. The quantitative estimate of drug-likeness (QED) is 0.790. The third kappa shape index (κ3) is 3.59.